The van der Waals surface area contributed by atoms with Crippen molar-refractivity contribution in [1.29, 1.82) is 0 Å². The Morgan fingerprint density at radius 3 is 2.58 bits per heavy atom. The van der Waals surface area contributed by atoms with Crippen LogP contribution in [0.2, 0.25) is 5.02 Å². The van der Waals surface area contributed by atoms with Gasteiger partial charge >= 0.3 is 0 Å². The highest BCUT2D eigenvalue weighted by Gasteiger charge is 2.23. The Kier molecular flexibility index (Phi) is 5.34. The molecule has 7 heteroatoms. The zero-order valence-corrected chi connectivity index (χ0v) is 17.7. The summed E-state index contributed by atoms with van der Waals surface area (Å²) < 4.78 is 5.39. The molecule has 1 unspecified atom stereocenters. The van der Waals surface area contributed by atoms with Gasteiger partial charge in [-0.2, -0.15) is 0 Å². The zero-order valence-electron chi connectivity index (χ0n) is 16.9. The fourth-order valence-corrected chi connectivity index (χ4v) is 4.38. The van der Waals surface area contributed by atoms with E-state index in [0.29, 0.717) is 54.5 Å². The molecule has 158 valence electrons. The molecule has 31 heavy (non-hydrogen) atoms. The van der Waals surface area contributed by atoms with E-state index in [1.807, 2.05) is 41.3 Å². The van der Waals surface area contributed by atoms with Gasteiger partial charge in [-0.15, -0.1) is 0 Å². The van der Waals surface area contributed by atoms with E-state index >= 15 is 0 Å². The first-order chi connectivity index (χ1) is 15.1. The summed E-state index contributed by atoms with van der Waals surface area (Å²) in [7, 11) is 0. The molecule has 2 aliphatic heterocycles. The van der Waals surface area contributed by atoms with Gasteiger partial charge < -0.3 is 15.0 Å². The van der Waals surface area contributed by atoms with Gasteiger partial charge in [-0.1, -0.05) is 41.9 Å². The van der Waals surface area contributed by atoms with E-state index in [9.17, 15) is 9.59 Å². The number of nitrogens with one attached hydrogen (secondary N) is 1. The molecule has 1 atom stereocenters. The molecule has 1 N–H and O–H groups in total. The van der Waals surface area contributed by atoms with E-state index in [4.69, 9.17) is 21.3 Å². The van der Waals surface area contributed by atoms with Crippen molar-refractivity contribution >= 4 is 34.3 Å². The minimum absolute atomic E-state index is 0.0236. The lowest BCUT2D eigenvalue weighted by Gasteiger charge is -2.27. The van der Waals surface area contributed by atoms with E-state index in [0.717, 1.165) is 22.9 Å². The molecule has 0 bridgehead atoms. The predicted molar refractivity (Wildman–Crippen MR) is 119 cm³/mol. The molecule has 6 nitrogen and oxygen atoms in total. The van der Waals surface area contributed by atoms with E-state index < -0.39 is 0 Å². The van der Waals surface area contributed by atoms with Gasteiger partial charge in [0.05, 0.1) is 36.0 Å². The number of hydrogen-bond acceptors (Lipinski definition) is 4. The number of carbonyl (C=O) groups is 2. The summed E-state index contributed by atoms with van der Waals surface area (Å²) in [6.07, 6.45) is 1.37. The number of ether oxygens (including phenoxy) is 1. The van der Waals surface area contributed by atoms with E-state index in [-0.39, 0.29) is 17.9 Å². The number of fused-ring (bicyclic) bond motifs is 1. The van der Waals surface area contributed by atoms with Gasteiger partial charge in [-0.05, 0) is 30.2 Å². The fourth-order valence-electron chi connectivity index (χ4n) is 4.21. The van der Waals surface area contributed by atoms with Crippen LogP contribution in [0.3, 0.4) is 0 Å². The molecule has 5 rings (SSSR count). The van der Waals surface area contributed by atoms with Crippen LogP contribution in [0.4, 0.5) is 0 Å². The number of amides is 2. The Balaban J connectivity index is 1.54. The SMILES string of the molecule is O=C1CCC(c2ccc(-c3cc(C(=O)N4CCOCC4)c4ccc(Cl)cc4n3)cc2)N1. The van der Waals surface area contributed by atoms with Crippen molar-refractivity contribution in [2.24, 2.45) is 0 Å². The van der Waals surface area contributed by atoms with Crippen LogP contribution in [-0.4, -0.2) is 48.0 Å². The van der Waals surface area contributed by atoms with Crippen molar-refractivity contribution in [3.8, 4) is 11.3 Å². The average molecular weight is 436 g/mol. The van der Waals surface area contributed by atoms with Gasteiger partial charge in [-0.25, -0.2) is 4.98 Å². The molecule has 3 heterocycles. The predicted octanol–water partition coefficient (Wildman–Crippen LogP) is 3.98. The van der Waals surface area contributed by atoms with Crippen LogP contribution in [0.1, 0.15) is 34.8 Å². The molecule has 2 aliphatic rings. The van der Waals surface area contributed by atoms with Crippen LogP contribution in [0.15, 0.2) is 48.5 Å². The van der Waals surface area contributed by atoms with Gasteiger partial charge in [0.2, 0.25) is 5.91 Å². The molecular weight excluding hydrogens is 414 g/mol. The van der Waals surface area contributed by atoms with E-state index in [2.05, 4.69) is 5.32 Å². The number of halogens is 1. The average Bonchev–Trinajstić information content (AvgIpc) is 3.24. The summed E-state index contributed by atoms with van der Waals surface area (Å²) in [4.78, 5) is 31.4. The van der Waals surface area contributed by atoms with E-state index in [1.165, 1.54) is 0 Å². The van der Waals surface area contributed by atoms with Crippen molar-refractivity contribution in [2.45, 2.75) is 18.9 Å². The van der Waals surface area contributed by atoms with Gasteiger partial charge in [0.15, 0.2) is 0 Å². The Bertz CT molecular complexity index is 1160. The number of nitrogens with zero attached hydrogens (tertiary/aromatic N) is 2. The highest BCUT2D eigenvalue weighted by molar-refractivity contribution is 6.31. The monoisotopic (exact) mass is 435 g/mol. The second-order valence-electron chi connectivity index (χ2n) is 7.90. The van der Waals surface area contributed by atoms with Crippen LogP contribution in [0.25, 0.3) is 22.2 Å². The van der Waals surface area contributed by atoms with Crippen LogP contribution >= 0.6 is 11.6 Å². The van der Waals surface area contributed by atoms with Gasteiger partial charge in [0, 0.05) is 35.5 Å². The maximum atomic E-state index is 13.3. The summed E-state index contributed by atoms with van der Waals surface area (Å²) in [6, 6.07) is 15.4. The highest BCUT2D eigenvalue weighted by Crippen LogP contribution is 2.30. The van der Waals surface area contributed by atoms with Gasteiger partial charge in [-0.3, -0.25) is 9.59 Å². The summed E-state index contributed by atoms with van der Waals surface area (Å²) >= 11 is 6.22. The van der Waals surface area contributed by atoms with Crippen molar-refractivity contribution in [1.82, 2.24) is 15.2 Å². The van der Waals surface area contributed by atoms with Crippen LogP contribution in [0.5, 0.6) is 0 Å². The lowest BCUT2D eigenvalue weighted by Crippen LogP contribution is -2.40. The molecule has 1 aromatic heterocycles. The van der Waals surface area contributed by atoms with Crippen LogP contribution < -0.4 is 5.32 Å². The second kappa shape index (κ2) is 8.29. The first-order valence-corrected chi connectivity index (χ1v) is 10.8. The van der Waals surface area contributed by atoms with Gasteiger partial charge in [0.25, 0.3) is 5.91 Å². The van der Waals surface area contributed by atoms with Crippen molar-refractivity contribution in [3.05, 3.63) is 64.7 Å². The number of hydrogen-bond donors (Lipinski definition) is 1. The summed E-state index contributed by atoms with van der Waals surface area (Å²) in [5.41, 5.74) is 4.00. The van der Waals surface area contributed by atoms with Crippen molar-refractivity contribution < 1.29 is 14.3 Å². The Morgan fingerprint density at radius 2 is 1.87 bits per heavy atom. The molecule has 2 saturated heterocycles. The number of rotatable bonds is 3. The topological polar surface area (TPSA) is 71.5 Å². The third kappa shape index (κ3) is 4.01. The van der Waals surface area contributed by atoms with Crippen molar-refractivity contribution in [2.75, 3.05) is 26.3 Å². The summed E-state index contributed by atoms with van der Waals surface area (Å²) in [5.74, 6) is 0.0676. The molecule has 0 saturated carbocycles. The maximum Gasteiger partial charge on any atom is 0.254 e. The number of carbonyl (C=O) groups excluding carboxylic acids is 2. The molecule has 0 radical (unpaired) electrons. The minimum Gasteiger partial charge on any atom is -0.378 e. The lowest BCUT2D eigenvalue weighted by molar-refractivity contribution is -0.119. The minimum atomic E-state index is -0.0236. The first-order valence-electron chi connectivity index (χ1n) is 10.5. The van der Waals surface area contributed by atoms with Crippen LogP contribution in [0, 0.1) is 0 Å². The normalized spacial score (nSPS) is 18.9. The first kappa shape index (κ1) is 20.0. The highest BCUT2D eigenvalue weighted by atomic mass is 35.5. The fraction of sp³-hybridized carbons (Fsp3) is 0.292. The van der Waals surface area contributed by atoms with E-state index in [1.54, 1.807) is 12.1 Å². The summed E-state index contributed by atoms with van der Waals surface area (Å²) in [5, 5.41) is 4.36. The van der Waals surface area contributed by atoms with Crippen molar-refractivity contribution in [3.63, 3.8) is 0 Å². The second-order valence-corrected chi connectivity index (χ2v) is 8.34. The maximum absolute atomic E-state index is 13.3. The number of pyridine rings is 1. The molecule has 2 fully saturated rings. The number of benzene rings is 2. The Morgan fingerprint density at radius 1 is 1.10 bits per heavy atom. The molecule has 2 amide bonds. The quantitative estimate of drug-likeness (QED) is 0.675. The molecule has 0 aliphatic carbocycles. The van der Waals surface area contributed by atoms with Gasteiger partial charge in [0.1, 0.15) is 0 Å². The standard InChI is InChI=1S/C24H22ClN3O3/c25-17-5-6-18-19(24(30)28-9-11-31-12-10-28)14-21(26-22(18)13-17)16-3-1-15(2-4-16)20-7-8-23(29)27-20/h1-6,13-14,20H,7-12H2,(H,27,29). The molecule has 3 aromatic rings. The smallest absolute Gasteiger partial charge is 0.254 e. The number of aromatic nitrogens is 1. The third-order valence-electron chi connectivity index (χ3n) is 5.90. The Hall–Kier alpha value is -2.96. The zero-order chi connectivity index (χ0) is 21.4. The Labute approximate surface area is 185 Å². The summed E-state index contributed by atoms with van der Waals surface area (Å²) in [6.45, 7) is 2.25. The number of morpholine rings is 1. The molecule has 2 aromatic carbocycles. The molecular formula is C24H22ClN3O3. The lowest BCUT2D eigenvalue weighted by atomic mass is 10.00. The van der Waals surface area contributed by atoms with Crippen LogP contribution in [-0.2, 0) is 9.53 Å². The molecule has 0 spiro atoms. The largest absolute Gasteiger partial charge is 0.378 e. The third-order valence-corrected chi connectivity index (χ3v) is 6.14.